The molecule has 0 radical (unpaired) electrons. The minimum absolute atomic E-state index is 0.285. The zero-order valence-electron chi connectivity index (χ0n) is 9.24. The highest BCUT2D eigenvalue weighted by Crippen LogP contribution is 2.38. The lowest BCUT2D eigenvalue weighted by Crippen LogP contribution is -2.30. The number of rotatable bonds is 3. The van der Waals surface area contributed by atoms with E-state index in [1.54, 1.807) is 13.8 Å². The molecule has 0 aromatic carbocycles. The molecule has 0 aromatic heterocycles. The molecule has 0 bridgehead atoms. The minimum Gasteiger partial charge on any atom is -0.366 e. The van der Waals surface area contributed by atoms with Crippen LogP contribution in [0.15, 0.2) is 5.11 Å². The molecule has 2 fully saturated rings. The monoisotopic (exact) mass is 229 g/mol. The van der Waals surface area contributed by atoms with E-state index in [1.807, 2.05) is 0 Å². The van der Waals surface area contributed by atoms with E-state index in [4.69, 9.17) is 19.7 Å². The third-order valence-electron chi connectivity index (χ3n) is 2.70. The molecule has 2 aliphatic rings. The summed E-state index contributed by atoms with van der Waals surface area (Å²) < 4.78 is 16.5. The van der Waals surface area contributed by atoms with Gasteiger partial charge < -0.3 is 19.3 Å². The number of ether oxygens (including phenoxy) is 3. The molecule has 16 heavy (non-hydrogen) atoms. The number of azide groups is 1. The molecule has 7 heteroatoms. The van der Waals surface area contributed by atoms with Crippen LogP contribution in [0.25, 0.3) is 10.4 Å². The molecule has 0 saturated carbocycles. The predicted octanol–water partition coefficient (Wildman–Crippen LogP) is 0.924. The van der Waals surface area contributed by atoms with Gasteiger partial charge in [-0.3, -0.25) is 0 Å². The maximum Gasteiger partial charge on any atom is 0.184 e. The second-order valence-electron chi connectivity index (χ2n) is 4.37. The molecule has 90 valence electrons. The van der Waals surface area contributed by atoms with E-state index < -0.39 is 18.2 Å². The van der Waals surface area contributed by atoms with Gasteiger partial charge in [-0.25, -0.2) is 0 Å². The molecule has 4 atom stereocenters. The first-order valence-electron chi connectivity index (χ1n) is 5.23. The van der Waals surface area contributed by atoms with E-state index >= 15 is 0 Å². The molecule has 0 amide bonds. The molecule has 2 saturated heterocycles. The van der Waals surface area contributed by atoms with Gasteiger partial charge in [0.1, 0.15) is 12.2 Å². The van der Waals surface area contributed by atoms with Gasteiger partial charge in [0, 0.05) is 11.5 Å². The van der Waals surface area contributed by atoms with Crippen molar-refractivity contribution in [2.24, 2.45) is 5.11 Å². The van der Waals surface area contributed by atoms with Crippen molar-refractivity contribution in [3.63, 3.8) is 0 Å². The van der Waals surface area contributed by atoms with Crippen molar-refractivity contribution in [3.05, 3.63) is 10.4 Å². The molecule has 1 N–H and O–H groups in total. The molecule has 2 rings (SSSR count). The number of hydrogen-bond donors (Lipinski definition) is 1. The van der Waals surface area contributed by atoms with Crippen LogP contribution in [0.5, 0.6) is 0 Å². The van der Waals surface area contributed by atoms with Crippen LogP contribution < -0.4 is 0 Å². The normalized spacial score (nSPS) is 40.4. The number of nitrogens with zero attached hydrogens (tertiary/aromatic N) is 3. The van der Waals surface area contributed by atoms with E-state index in [1.165, 1.54) is 0 Å². The lowest BCUT2D eigenvalue weighted by molar-refractivity contribution is -0.220. The quantitative estimate of drug-likeness (QED) is 0.442. The summed E-state index contributed by atoms with van der Waals surface area (Å²) in [4.78, 5) is 2.66. The third kappa shape index (κ3) is 2.14. The van der Waals surface area contributed by atoms with E-state index in [0.29, 0.717) is 13.0 Å². The Labute approximate surface area is 92.9 Å². The Bertz CT molecular complexity index is 316. The number of aliphatic hydroxyl groups excluding tert-OH is 1. The van der Waals surface area contributed by atoms with Crippen molar-refractivity contribution in [1.82, 2.24) is 0 Å². The van der Waals surface area contributed by atoms with E-state index in [2.05, 4.69) is 10.0 Å². The van der Waals surface area contributed by atoms with Gasteiger partial charge in [-0.15, -0.1) is 0 Å². The van der Waals surface area contributed by atoms with E-state index in [9.17, 15) is 5.11 Å². The first kappa shape index (κ1) is 11.6. The highest BCUT2D eigenvalue weighted by molar-refractivity contribution is 4.94. The van der Waals surface area contributed by atoms with Gasteiger partial charge in [-0.05, 0) is 25.8 Å². The average molecular weight is 229 g/mol. The lowest BCUT2D eigenvalue weighted by atomic mass is 10.1. The van der Waals surface area contributed by atoms with Gasteiger partial charge in [0.25, 0.3) is 0 Å². The Balaban J connectivity index is 1.98. The molecular weight excluding hydrogens is 214 g/mol. The Morgan fingerprint density at radius 2 is 2.06 bits per heavy atom. The fraction of sp³-hybridized carbons (Fsp3) is 1.00. The van der Waals surface area contributed by atoms with Gasteiger partial charge in [0.2, 0.25) is 0 Å². The summed E-state index contributed by atoms with van der Waals surface area (Å²) in [6.45, 7) is 3.91. The van der Waals surface area contributed by atoms with Crippen molar-refractivity contribution >= 4 is 0 Å². The fourth-order valence-corrected chi connectivity index (χ4v) is 2.12. The summed E-state index contributed by atoms with van der Waals surface area (Å²) in [6.07, 6.45) is -1.48. The molecule has 0 aromatic rings. The number of hydrogen-bond acceptors (Lipinski definition) is 5. The topological polar surface area (TPSA) is 96.7 Å². The maximum atomic E-state index is 9.63. The van der Waals surface area contributed by atoms with Crippen molar-refractivity contribution < 1.29 is 19.3 Å². The number of fused-ring (bicyclic) bond motifs is 1. The predicted molar refractivity (Wildman–Crippen MR) is 53.3 cm³/mol. The van der Waals surface area contributed by atoms with Crippen molar-refractivity contribution in [2.45, 2.75) is 50.7 Å². The summed E-state index contributed by atoms with van der Waals surface area (Å²) in [7, 11) is 0. The van der Waals surface area contributed by atoms with Crippen LogP contribution in [0.2, 0.25) is 0 Å². The molecule has 1 unspecified atom stereocenters. The third-order valence-corrected chi connectivity index (χ3v) is 2.70. The highest BCUT2D eigenvalue weighted by Gasteiger charge is 2.54. The maximum absolute atomic E-state index is 9.63. The van der Waals surface area contributed by atoms with Crippen LogP contribution in [0.1, 0.15) is 20.3 Å². The summed E-state index contributed by atoms with van der Waals surface area (Å²) in [5.41, 5.74) is 8.17. The van der Waals surface area contributed by atoms with Crippen LogP contribution in [0, 0.1) is 0 Å². The largest absolute Gasteiger partial charge is 0.366 e. The van der Waals surface area contributed by atoms with E-state index in [-0.39, 0.29) is 12.2 Å². The SMILES string of the molecule is CC1(C)O[C@@H]2[C@@H](CCN=[N+]=[N-])OC(O)[C@@H]2O1. The highest BCUT2D eigenvalue weighted by atomic mass is 16.8. The summed E-state index contributed by atoms with van der Waals surface area (Å²) >= 11 is 0. The second kappa shape index (κ2) is 4.20. The summed E-state index contributed by atoms with van der Waals surface area (Å²) in [6, 6.07) is 0. The zero-order valence-corrected chi connectivity index (χ0v) is 9.24. The van der Waals surface area contributed by atoms with Crippen molar-refractivity contribution in [2.75, 3.05) is 6.54 Å². The van der Waals surface area contributed by atoms with Gasteiger partial charge in [0.05, 0.1) is 6.10 Å². The first-order valence-corrected chi connectivity index (χ1v) is 5.23. The van der Waals surface area contributed by atoms with Crippen molar-refractivity contribution in [3.8, 4) is 0 Å². The van der Waals surface area contributed by atoms with Crippen LogP contribution in [0.3, 0.4) is 0 Å². The number of aliphatic hydroxyl groups is 1. The standard InChI is InChI=1S/C9H15N3O4/c1-9(2)15-6-5(3-4-11-12-10)14-8(13)7(6)16-9/h5-8,13H,3-4H2,1-2H3/t5-,6-,7-,8?/m1/s1. The first-order chi connectivity index (χ1) is 7.53. The smallest absolute Gasteiger partial charge is 0.184 e. The van der Waals surface area contributed by atoms with Gasteiger partial charge >= 0.3 is 0 Å². The van der Waals surface area contributed by atoms with Crippen LogP contribution in [0.4, 0.5) is 0 Å². The summed E-state index contributed by atoms with van der Waals surface area (Å²) in [5, 5.41) is 13.1. The second-order valence-corrected chi connectivity index (χ2v) is 4.37. The van der Waals surface area contributed by atoms with Crippen LogP contribution in [-0.4, -0.2) is 42.0 Å². The average Bonchev–Trinajstić information content (AvgIpc) is 2.64. The Hall–Kier alpha value is -0.850. The summed E-state index contributed by atoms with van der Waals surface area (Å²) in [5.74, 6) is -0.698. The van der Waals surface area contributed by atoms with Gasteiger partial charge in [0.15, 0.2) is 12.1 Å². The Morgan fingerprint density at radius 3 is 2.75 bits per heavy atom. The molecule has 2 aliphatic heterocycles. The molecule has 7 nitrogen and oxygen atoms in total. The van der Waals surface area contributed by atoms with Gasteiger partial charge in [-0.2, -0.15) is 0 Å². The molecule has 0 aliphatic carbocycles. The Kier molecular flexibility index (Phi) is 3.05. The van der Waals surface area contributed by atoms with Gasteiger partial charge in [-0.1, -0.05) is 5.11 Å². The zero-order chi connectivity index (χ0) is 11.8. The van der Waals surface area contributed by atoms with Crippen LogP contribution >= 0.6 is 0 Å². The lowest BCUT2D eigenvalue weighted by Gasteiger charge is -2.22. The van der Waals surface area contributed by atoms with Crippen LogP contribution in [-0.2, 0) is 14.2 Å². The fourth-order valence-electron chi connectivity index (χ4n) is 2.12. The molecular formula is C9H15N3O4. The van der Waals surface area contributed by atoms with E-state index in [0.717, 1.165) is 0 Å². The van der Waals surface area contributed by atoms with Crippen molar-refractivity contribution in [1.29, 1.82) is 0 Å². The molecule has 0 spiro atoms. The molecule has 2 heterocycles. The minimum atomic E-state index is -0.970. The Morgan fingerprint density at radius 1 is 1.38 bits per heavy atom.